The molecule has 2 rings (SSSR count). The average molecular weight is 275 g/mol. The molecule has 1 aromatic carbocycles. The molecule has 0 atom stereocenters. The third-order valence-electron chi connectivity index (χ3n) is 2.72. The number of rotatable bonds is 6. The van der Waals surface area contributed by atoms with Crippen molar-refractivity contribution in [2.45, 2.75) is 20.4 Å². The molecule has 0 radical (unpaired) electrons. The fraction of sp³-hybridized carbons (Fsp3) is 0.385. The summed E-state index contributed by atoms with van der Waals surface area (Å²) in [5.74, 6) is 0.556. The number of benzene rings is 1. The molecular formula is C13H17N5O2. The lowest BCUT2D eigenvalue weighted by Crippen LogP contribution is -2.19. The SMILES string of the molecule is CC(C)CNCc1cn(-c2ccccc2[N+](=O)[O-])nn1. The summed E-state index contributed by atoms with van der Waals surface area (Å²) in [6, 6.07) is 6.47. The number of nitrogens with one attached hydrogen (secondary N) is 1. The van der Waals surface area contributed by atoms with Crippen molar-refractivity contribution in [3.05, 3.63) is 46.3 Å². The molecule has 0 saturated heterocycles. The Hall–Kier alpha value is -2.28. The Morgan fingerprint density at radius 3 is 2.85 bits per heavy atom. The van der Waals surface area contributed by atoms with Gasteiger partial charge in [0.05, 0.1) is 16.8 Å². The maximum Gasteiger partial charge on any atom is 0.294 e. The number of nitro benzene ring substituents is 1. The van der Waals surface area contributed by atoms with Crippen molar-refractivity contribution in [1.29, 1.82) is 0 Å². The molecule has 0 unspecified atom stereocenters. The number of aromatic nitrogens is 3. The molecular weight excluding hydrogens is 258 g/mol. The van der Waals surface area contributed by atoms with E-state index in [1.807, 2.05) is 0 Å². The monoisotopic (exact) mass is 275 g/mol. The standard InChI is InChI=1S/C13H17N5O2/c1-10(2)7-14-8-11-9-17(16-15-11)12-5-3-4-6-13(12)18(19)20/h3-6,9-10,14H,7-8H2,1-2H3. The highest BCUT2D eigenvalue weighted by atomic mass is 16.6. The topological polar surface area (TPSA) is 85.9 Å². The molecule has 2 aromatic rings. The summed E-state index contributed by atoms with van der Waals surface area (Å²) in [5.41, 5.74) is 1.18. The van der Waals surface area contributed by atoms with Crippen LogP contribution in [0.2, 0.25) is 0 Å². The third kappa shape index (κ3) is 3.39. The van der Waals surface area contributed by atoms with Crippen molar-refractivity contribution in [3.8, 4) is 5.69 Å². The van der Waals surface area contributed by atoms with Gasteiger partial charge in [0.15, 0.2) is 0 Å². The molecule has 1 N–H and O–H groups in total. The van der Waals surface area contributed by atoms with Crippen molar-refractivity contribution >= 4 is 5.69 Å². The van der Waals surface area contributed by atoms with Crippen LogP contribution in [0.25, 0.3) is 5.69 Å². The van der Waals surface area contributed by atoms with Gasteiger partial charge in [-0.25, -0.2) is 4.68 Å². The van der Waals surface area contributed by atoms with Crippen LogP contribution in [-0.2, 0) is 6.54 Å². The van der Waals surface area contributed by atoms with Crippen LogP contribution in [0.15, 0.2) is 30.5 Å². The van der Waals surface area contributed by atoms with Crippen LogP contribution >= 0.6 is 0 Å². The Labute approximate surface area is 116 Å². The second-order valence-corrected chi connectivity index (χ2v) is 4.93. The number of hydrogen-bond donors (Lipinski definition) is 1. The van der Waals surface area contributed by atoms with Crippen LogP contribution < -0.4 is 5.32 Å². The summed E-state index contributed by atoms with van der Waals surface area (Å²) in [6.07, 6.45) is 1.70. The number of hydrogen-bond acceptors (Lipinski definition) is 5. The van der Waals surface area contributed by atoms with E-state index in [4.69, 9.17) is 0 Å². The highest BCUT2D eigenvalue weighted by Crippen LogP contribution is 2.21. The van der Waals surface area contributed by atoms with Crippen molar-refractivity contribution in [2.75, 3.05) is 6.54 Å². The highest BCUT2D eigenvalue weighted by Gasteiger charge is 2.15. The van der Waals surface area contributed by atoms with Gasteiger partial charge in [-0.3, -0.25) is 10.1 Å². The van der Waals surface area contributed by atoms with E-state index in [0.29, 0.717) is 18.2 Å². The Balaban J connectivity index is 2.15. The predicted octanol–water partition coefficient (Wildman–Crippen LogP) is 1.92. The molecule has 7 heteroatoms. The zero-order chi connectivity index (χ0) is 14.5. The summed E-state index contributed by atoms with van der Waals surface area (Å²) in [5, 5.41) is 22.2. The second-order valence-electron chi connectivity index (χ2n) is 4.93. The van der Waals surface area contributed by atoms with Crippen molar-refractivity contribution in [2.24, 2.45) is 5.92 Å². The van der Waals surface area contributed by atoms with Gasteiger partial charge < -0.3 is 5.32 Å². The number of para-hydroxylation sites is 2. The first-order valence-corrected chi connectivity index (χ1v) is 6.43. The van der Waals surface area contributed by atoms with E-state index < -0.39 is 4.92 Å². The fourth-order valence-electron chi connectivity index (χ4n) is 1.80. The summed E-state index contributed by atoms with van der Waals surface area (Å²) >= 11 is 0. The quantitative estimate of drug-likeness (QED) is 0.643. The first-order chi connectivity index (χ1) is 9.58. The summed E-state index contributed by atoms with van der Waals surface area (Å²) < 4.78 is 1.44. The first-order valence-electron chi connectivity index (χ1n) is 6.43. The lowest BCUT2D eigenvalue weighted by atomic mass is 10.2. The normalized spacial score (nSPS) is 10.9. The van der Waals surface area contributed by atoms with Gasteiger partial charge in [-0.2, -0.15) is 0 Å². The largest absolute Gasteiger partial charge is 0.311 e. The molecule has 0 aliphatic rings. The lowest BCUT2D eigenvalue weighted by molar-refractivity contribution is -0.384. The smallest absolute Gasteiger partial charge is 0.294 e. The van der Waals surface area contributed by atoms with E-state index in [9.17, 15) is 10.1 Å². The molecule has 7 nitrogen and oxygen atoms in total. The van der Waals surface area contributed by atoms with E-state index in [1.165, 1.54) is 10.7 Å². The molecule has 20 heavy (non-hydrogen) atoms. The molecule has 1 aromatic heterocycles. The molecule has 0 aliphatic carbocycles. The van der Waals surface area contributed by atoms with Crippen LogP contribution in [0.4, 0.5) is 5.69 Å². The van der Waals surface area contributed by atoms with E-state index in [0.717, 1.165) is 12.2 Å². The fourth-order valence-corrected chi connectivity index (χ4v) is 1.80. The summed E-state index contributed by atoms with van der Waals surface area (Å²) in [7, 11) is 0. The second kappa shape index (κ2) is 6.25. The van der Waals surface area contributed by atoms with Gasteiger partial charge in [-0.1, -0.05) is 31.2 Å². The lowest BCUT2D eigenvalue weighted by Gasteiger charge is -2.04. The van der Waals surface area contributed by atoms with Crippen molar-refractivity contribution in [3.63, 3.8) is 0 Å². The minimum Gasteiger partial charge on any atom is -0.311 e. The minimum atomic E-state index is -0.423. The first kappa shape index (κ1) is 14.1. The predicted molar refractivity (Wildman–Crippen MR) is 74.6 cm³/mol. The van der Waals surface area contributed by atoms with Gasteiger partial charge in [0.25, 0.3) is 5.69 Å². The molecule has 0 fully saturated rings. The minimum absolute atomic E-state index is 0.0130. The third-order valence-corrected chi connectivity index (χ3v) is 2.72. The maximum absolute atomic E-state index is 11.0. The Morgan fingerprint density at radius 1 is 1.40 bits per heavy atom. The van der Waals surface area contributed by atoms with Gasteiger partial charge >= 0.3 is 0 Å². The highest BCUT2D eigenvalue weighted by molar-refractivity contribution is 5.51. The van der Waals surface area contributed by atoms with Crippen molar-refractivity contribution in [1.82, 2.24) is 20.3 Å². The van der Waals surface area contributed by atoms with Crippen LogP contribution in [0.5, 0.6) is 0 Å². The molecule has 0 bridgehead atoms. The Bertz CT molecular complexity index is 594. The summed E-state index contributed by atoms with van der Waals surface area (Å²) in [4.78, 5) is 10.6. The van der Waals surface area contributed by atoms with Gasteiger partial charge in [-0.05, 0) is 18.5 Å². The molecule has 0 saturated carbocycles. The Kier molecular flexibility index (Phi) is 4.41. The zero-order valence-electron chi connectivity index (χ0n) is 11.5. The number of nitro groups is 1. The summed E-state index contributed by atoms with van der Waals surface area (Å²) in [6.45, 7) is 5.73. The van der Waals surface area contributed by atoms with Gasteiger partial charge in [0.2, 0.25) is 0 Å². The van der Waals surface area contributed by atoms with Crippen LogP contribution in [0.1, 0.15) is 19.5 Å². The van der Waals surface area contributed by atoms with Crippen molar-refractivity contribution < 1.29 is 4.92 Å². The van der Waals surface area contributed by atoms with E-state index >= 15 is 0 Å². The maximum atomic E-state index is 11.0. The molecule has 1 heterocycles. The molecule has 0 amide bonds. The molecule has 106 valence electrons. The van der Waals surface area contributed by atoms with Crippen LogP contribution in [0.3, 0.4) is 0 Å². The number of nitrogens with zero attached hydrogens (tertiary/aromatic N) is 4. The molecule has 0 spiro atoms. The van der Waals surface area contributed by atoms with E-state index in [2.05, 4.69) is 29.5 Å². The van der Waals surface area contributed by atoms with E-state index in [1.54, 1.807) is 24.4 Å². The van der Waals surface area contributed by atoms with Crippen LogP contribution in [-0.4, -0.2) is 26.5 Å². The van der Waals surface area contributed by atoms with Gasteiger partial charge in [0, 0.05) is 12.6 Å². The Morgan fingerprint density at radius 2 is 2.15 bits per heavy atom. The van der Waals surface area contributed by atoms with Gasteiger partial charge in [0.1, 0.15) is 5.69 Å². The van der Waals surface area contributed by atoms with Crippen LogP contribution in [0, 0.1) is 16.0 Å². The average Bonchev–Trinajstić information content (AvgIpc) is 2.87. The van der Waals surface area contributed by atoms with Gasteiger partial charge in [-0.15, -0.1) is 5.10 Å². The zero-order valence-corrected chi connectivity index (χ0v) is 11.5. The van der Waals surface area contributed by atoms with E-state index in [-0.39, 0.29) is 5.69 Å². The molecule has 0 aliphatic heterocycles.